The molecule has 0 saturated carbocycles. The van der Waals surface area contributed by atoms with Crippen LogP contribution in [0.5, 0.6) is 0 Å². The predicted molar refractivity (Wildman–Crippen MR) is 58.6 cm³/mol. The van der Waals surface area contributed by atoms with E-state index in [1.165, 1.54) is 0 Å². The zero-order valence-electron chi connectivity index (χ0n) is 9.37. The van der Waals surface area contributed by atoms with Crippen molar-refractivity contribution in [1.82, 2.24) is 0 Å². The zero-order valence-corrected chi connectivity index (χ0v) is 10.2. The number of amides is 1. The third-order valence-electron chi connectivity index (χ3n) is 2.10. The molecule has 1 aromatic carbocycles. The molecule has 0 spiro atoms. The minimum Gasteiger partial charge on any atom is -0.452 e. The van der Waals surface area contributed by atoms with Gasteiger partial charge in [-0.25, -0.2) is 4.79 Å². The molecule has 0 N–H and O–H groups in total. The highest BCUT2D eigenvalue weighted by molar-refractivity contribution is 8.45. The predicted octanol–water partition coefficient (Wildman–Crippen LogP) is 4.55. The van der Waals surface area contributed by atoms with Crippen molar-refractivity contribution in [2.45, 2.75) is 4.90 Å². The van der Waals surface area contributed by atoms with Gasteiger partial charge in [0, 0.05) is 12.7 Å². The van der Waals surface area contributed by atoms with E-state index in [1.807, 2.05) is 0 Å². The van der Waals surface area contributed by atoms with Gasteiger partial charge in [0.15, 0.2) is 0 Å². The molecule has 0 aliphatic heterocycles. The number of benzene rings is 1. The Labute approximate surface area is 99.9 Å². The van der Waals surface area contributed by atoms with E-state index in [0.717, 1.165) is 26.3 Å². The number of hydrogen-bond acceptors (Lipinski definition) is 2. The van der Waals surface area contributed by atoms with Crippen LogP contribution >= 0.6 is 10.2 Å². The molecule has 0 heterocycles. The minimum atomic E-state index is -9.74. The summed E-state index contributed by atoms with van der Waals surface area (Å²) in [6, 6.07) is 2.35. The van der Waals surface area contributed by atoms with Crippen molar-refractivity contribution in [2.24, 2.45) is 0 Å². The molecule has 0 radical (unpaired) electrons. The van der Waals surface area contributed by atoms with Crippen molar-refractivity contribution in [3.8, 4) is 0 Å². The van der Waals surface area contributed by atoms with E-state index in [1.54, 1.807) is 0 Å². The van der Waals surface area contributed by atoms with Gasteiger partial charge in [-0.15, -0.1) is 0 Å². The molecule has 0 aromatic heterocycles. The van der Waals surface area contributed by atoms with Crippen LogP contribution in [-0.2, 0) is 4.74 Å². The average Bonchev–Trinajstić information content (AvgIpc) is 2.24. The number of hydrogen-bond donors (Lipinski definition) is 0. The summed E-state index contributed by atoms with van der Waals surface area (Å²) in [4.78, 5) is 9.71. The molecule has 104 valence electrons. The van der Waals surface area contributed by atoms with Crippen molar-refractivity contribution in [3.05, 3.63) is 24.3 Å². The molecular formula is C9H10F5NO2S. The highest BCUT2D eigenvalue weighted by Crippen LogP contribution is 3.02. The van der Waals surface area contributed by atoms with Crippen LogP contribution in [0.25, 0.3) is 0 Å². The lowest BCUT2D eigenvalue weighted by atomic mass is 10.3. The summed E-state index contributed by atoms with van der Waals surface area (Å²) in [5, 5.41) is 0. The fourth-order valence-corrected chi connectivity index (χ4v) is 1.85. The van der Waals surface area contributed by atoms with Crippen LogP contribution in [0, 0.1) is 0 Å². The third kappa shape index (κ3) is 3.25. The molecule has 1 rings (SSSR count). The summed E-state index contributed by atoms with van der Waals surface area (Å²) < 4.78 is 67.0. The van der Waals surface area contributed by atoms with Crippen LogP contribution < -0.4 is 4.90 Å². The zero-order chi connectivity index (χ0) is 14.3. The standard InChI is InChI=1S/C9H10F5NO2S/c1-15(9(16)17-2)7-4-3-5-8(6-7)18(10,11,12,13)14/h3-6H,1-2H3. The fourth-order valence-electron chi connectivity index (χ4n) is 1.17. The topological polar surface area (TPSA) is 29.5 Å². The van der Waals surface area contributed by atoms with E-state index >= 15 is 0 Å². The monoisotopic (exact) mass is 291 g/mol. The third-order valence-corrected chi connectivity index (χ3v) is 3.24. The number of halogens is 5. The fraction of sp³-hybridized carbons (Fsp3) is 0.222. The number of rotatable bonds is 2. The first-order valence-corrected chi connectivity index (χ1v) is 6.46. The van der Waals surface area contributed by atoms with Gasteiger partial charge in [-0.05, 0) is 18.2 Å². The summed E-state index contributed by atoms with van der Waals surface area (Å²) in [7, 11) is -7.61. The SMILES string of the molecule is COC(=O)N(C)c1cccc(S(F)(F)(F)(F)F)c1. The Bertz CT molecular complexity index is 487. The van der Waals surface area contributed by atoms with Crippen LogP contribution in [0.4, 0.5) is 29.9 Å². The normalized spacial score (nSPS) is 15.5. The van der Waals surface area contributed by atoms with E-state index < -0.39 is 21.2 Å². The minimum absolute atomic E-state index is 0.207. The largest absolute Gasteiger partial charge is 0.452 e. The lowest BCUT2D eigenvalue weighted by Crippen LogP contribution is -2.26. The Kier molecular flexibility index (Phi) is 2.83. The van der Waals surface area contributed by atoms with Crippen molar-refractivity contribution in [3.63, 3.8) is 0 Å². The number of nitrogens with zero attached hydrogens (tertiary/aromatic N) is 1. The summed E-state index contributed by atoms with van der Waals surface area (Å²) in [5.41, 5.74) is -0.340. The first-order valence-electron chi connectivity index (χ1n) is 4.51. The van der Waals surface area contributed by atoms with E-state index in [-0.39, 0.29) is 17.8 Å². The molecule has 1 aromatic rings. The molecule has 9 heteroatoms. The van der Waals surface area contributed by atoms with Gasteiger partial charge >= 0.3 is 16.3 Å². The molecule has 18 heavy (non-hydrogen) atoms. The summed E-state index contributed by atoms with van der Waals surface area (Å²) in [6.45, 7) is 0. The summed E-state index contributed by atoms with van der Waals surface area (Å²) >= 11 is 0. The Morgan fingerprint density at radius 2 is 1.78 bits per heavy atom. The second-order valence-electron chi connectivity index (χ2n) is 3.50. The van der Waals surface area contributed by atoms with Crippen LogP contribution in [0.3, 0.4) is 0 Å². The van der Waals surface area contributed by atoms with Crippen molar-refractivity contribution < 1.29 is 29.0 Å². The first kappa shape index (κ1) is 14.6. The highest BCUT2D eigenvalue weighted by Gasteiger charge is 2.65. The average molecular weight is 291 g/mol. The second kappa shape index (κ2) is 3.50. The number of carbonyl (C=O) groups excluding carboxylic acids is 1. The highest BCUT2D eigenvalue weighted by atomic mass is 32.5. The molecule has 1 amide bonds. The molecule has 3 nitrogen and oxygen atoms in total. The Balaban J connectivity index is 3.29. The Hall–Kier alpha value is -1.51. The second-order valence-corrected chi connectivity index (χ2v) is 5.90. The maximum atomic E-state index is 12.5. The Morgan fingerprint density at radius 3 is 2.22 bits per heavy atom. The van der Waals surface area contributed by atoms with Gasteiger partial charge in [0.1, 0.15) is 4.90 Å². The lowest BCUT2D eigenvalue weighted by molar-refractivity contribution is 0.180. The van der Waals surface area contributed by atoms with E-state index in [2.05, 4.69) is 4.74 Å². The number of anilines is 1. The lowest BCUT2D eigenvalue weighted by Gasteiger charge is -2.40. The number of methoxy groups -OCH3 is 1. The molecule has 0 fully saturated rings. The van der Waals surface area contributed by atoms with E-state index in [4.69, 9.17) is 0 Å². The number of ether oxygens (including phenoxy) is 1. The van der Waals surface area contributed by atoms with Crippen LogP contribution in [-0.4, -0.2) is 20.3 Å². The summed E-state index contributed by atoms with van der Waals surface area (Å²) in [5.74, 6) is 0. The quantitative estimate of drug-likeness (QED) is 0.748. The molecule has 0 saturated heterocycles. The van der Waals surface area contributed by atoms with Crippen LogP contribution in [0.15, 0.2) is 29.2 Å². The first-order chi connectivity index (χ1) is 7.85. The molecular weight excluding hydrogens is 281 g/mol. The molecule has 0 aliphatic rings. The van der Waals surface area contributed by atoms with E-state index in [0.29, 0.717) is 4.90 Å². The maximum absolute atomic E-state index is 12.5. The van der Waals surface area contributed by atoms with Gasteiger partial charge in [0.25, 0.3) is 0 Å². The summed E-state index contributed by atoms with van der Waals surface area (Å²) in [6.07, 6.45) is -0.964. The van der Waals surface area contributed by atoms with Gasteiger partial charge < -0.3 is 4.74 Å². The van der Waals surface area contributed by atoms with Gasteiger partial charge in [-0.1, -0.05) is 25.5 Å². The molecule has 0 aliphatic carbocycles. The van der Waals surface area contributed by atoms with Crippen LogP contribution in [0.2, 0.25) is 0 Å². The van der Waals surface area contributed by atoms with Crippen LogP contribution in [0.1, 0.15) is 0 Å². The van der Waals surface area contributed by atoms with E-state index in [9.17, 15) is 24.2 Å². The Morgan fingerprint density at radius 1 is 1.22 bits per heavy atom. The molecule has 0 atom stereocenters. The van der Waals surface area contributed by atoms with Crippen molar-refractivity contribution >= 4 is 22.0 Å². The van der Waals surface area contributed by atoms with Gasteiger partial charge in [-0.2, -0.15) is 0 Å². The van der Waals surface area contributed by atoms with Crippen molar-refractivity contribution in [1.29, 1.82) is 0 Å². The van der Waals surface area contributed by atoms with Gasteiger partial charge in [-0.3, -0.25) is 4.90 Å². The number of carbonyl (C=O) groups is 1. The van der Waals surface area contributed by atoms with Crippen molar-refractivity contribution in [2.75, 3.05) is 19.1 Å². The smallest absolute Gasteiger partial charge is 0.413 e. The van der Waals surface area contributed by atoms with Gasteiger partial charge in [0.2, 0.25) is 0 Å². The molecule has 0 unspecified atom stereocenters. The maximum Gasteiger partial charge on any atom is 0.413 e. The molecule has 0 bridgehead atoms. The van der Waals surface area contributed by atoms with Gasteiger partial charge in [0.05, 0.1) is 7.11 Å².